The molecule has 4 N–H and O–H groups in total. The number of benzene rings is 1. The van der Waals surface area contributed by atoms with Gasteiger partial charge in [-0.3, -0.25) is 9.59 Å². The molecule has 0 fully saturated rings. The van der Waals surface area contributed by atoms with E-state index in [9.17, 15) is 9.59 Å². The molecule has 0 aliphatic heterocycles. The number of carbonyl (C=O) groups is 2. The van der Waals surface area contributed by atoms with Crippen molar-refractivity contribution in [3.05, 3.63) is 29.8 Å². The van der Waals surface area contributed by atoms with Gasteiger partial charge in [-0.05, 0) is 24.0 Å². The van der Waals surface area contributed by atoms with Gasteiger partial charge < -0.3 is 16.4 Å². The Morgan fingerprint density at radius 1 is 1.24 bits per heavy atom. The molecule has 1 aromatic rings. The average molecular weight is 291 g/mol. The highest BCUT2D eigenvalue weighted by atomic mass is 16.2. The maximum Gasteiger partial charge on any atom is 0.228 e. The molecule has 0 heterocycles. The van der Waals surface area contributed by atoms with Crippen molar-refractivity contribution in [2.75, 3.05) is 18.9 Å². The van der Waals surface area contributed by atoms with Gasteiger partial charge in [-0.2, -0.15) is 0 Å². The second kappa shape index (κ2) is 8.42. The number of likely N-dealkylation sites (N-methyl/N-ethyl adjacent to an activating group) is 1. The molecule has 0 saturated heterocycles. The fraction of sp³-hybridized carbons (Fsp3) is 0.500. The maximum atomic E-state index is 12.3. The SMILES string of the molecule is CNC(=O)Cc1ccccc1NC(=O)C(CN)CC(C)C. The normalized spacial score (nSPS) is 12.0. The molecule has 0 aliphatic rings. The van der Waals surface area contributed by atoms with Crippen molar-refractivity contribution < 1.29 is 9.59 Å². The van der Waals surface area contributed by atoms with E-state index < -0.39 is 0 Å². The summed E-state index contributed by atoms with van der Waals surface area (Å²) in [6, 6.07) is 7.33. The fourth-order valence-electron chi connectivity index (χ4n) is 2.17. The Morgan fingerprint density at radius 3 is 2.48 bits per heavy atom. The van der Waals surface area contributed by atoms with Gasteiger partial charge >= 0.3 is 0 Å². The van der Waals surface area contributed by atoms with Crippen LogP contribution in [0.15, 0.2) is 24.3 Å². The topological polar surface area (TPSA) is 84.2 Å². The number of nitrogens with two attached hydrogens (primary N) is 1. The fourth-order valence-corrected chi connectivity index (χ4v) is 2.17. The standard InChI is InChI=1S/C16H25N3O2/c1-11(2)8-13(10-17)16(21)19-14-7-5-4-6-12(14)9-15(20)18-3/h4-7,11,13H,8-10,17H2,1-3H3,(H,18,20)(H,19,21). The number of hydrogen-bond donors (Lipinski definition) is 3. The Morgan fingerprint density at radius 2 is 1.90 bits per heavy atom. The number of nitrogens with one attached hydrogen (secondary N) is 2. The van der Waals surface area contributed by atoms with Crippen LogP contribution in [0.25, 0.3) is 0 Å². The Bertz CT molecular complexity index is 486. The average Bonchev–Trinajstić information content (AvgIpc) is 2.46. The third kappa shape index (κ3) is 5.55. The number of amides is 2. The first-order chi connectivity index (χ1) is 9.97. The molecular formula is C16H25N3O2. The molecule has 116 valence electrons. The second-order valence-corrected chi connectivity index (χ2v) is 5.56. The Labute approximate surface area is 126 Å². The van der Waals surface area contributed by atoms with Crippen LogP contribution in [0.5, 0.6) is 0 Å². The summed E-state index contributed by atoms with van der Waals surface area (Å²) >= 11 is 0. The summed E-state index contributed by atoms with van der Waals surface area (Å²) in [6.45, 7) is 4.45. The third-order valence-corrected chi connectivity index (χ3v) is 3.32. The molecule has 0 bridgehead atoms. The Balaban J connectivity index is 2.81. The first-order valence-corrected chi connectivity index (χ1v) is 7.27. The summed E-state index contributed by atoms with van der Waals surface area (Å²) in [5, 5.41) is 5.48. The molecule has 2 amide bonds. The van der Waals surface area contributed by atoms with Crippen LogP contribution in [0.4, 0.5) is 5.69 Å². The summed E-state index contributed by atoms with van der Waals surface area (Å²) in [5.74, 6) is 0.0216. The number of hydrogen-bond acceptors (Lipinski definition) is 3. The molecule has 0 spiro atoms. The molecule has 1 rings (SSSR count). The van der Waals surface area contributed by atoms with Crippen LogP contribution in [-0.2, 0) is 16.0 Å². The van der Waals surface area contributed by atoms with E-state index in [0.29, 0.717) is 18.2 Å². The van der Waals surface area contributed by atoms with E-state index >= 15 is 0 Å². The first-order valence-electron chi connectivity index (χ1n) is 7.27. The van der Waals surface area contributed by atoms with Crippen molar-refractivity contribution in [2.45, 2.75) is 26.7 Å². The van der Waals surface area contributed by atoms with Crippen molar-refractivity contribution in [3.8, 4) is 0 Å². The molecule has 0 radical (unpaired) electrons. The number of rotatable bonds is 7. The minimum absolute atomic E-state index is 0.0874. The van der Waals surface area contributed by atoms with E-state index in [1.54, 1.807) is 13.1 Å². The van der Waals surface area contributed by atoms with Crippen LogP contribution in [0.1, 0.15) is 25.8 Å². The monoisotopic (exact) mass is 291 g/mol. The largest absolute Gasteiger partial charge is 0.359 e. The van der Waals surface area contributed by atoms with Gasteiger partial charge in [-0.1, -0.05) is 32.0 Å². The van der Waals surface area contributed by atoms with Crippen LogP contribution in [0.3, 0.4) is 0 Å². The zero-order chi connectivity index (χ0) is 15.8. The Kier molecular flexibility index (Phi) is 6.88. The van der Waals surface area contributed by atoms with Gasteiger partial charge in [0.05, 0.1) is 12.3 Å². The lowest BCUT2D eigenvalue weighted by molar-refractivity contribution is -0.121. The molecule has 1 unspecified atom stereocenters. The summed E-state index contributed by atoms with van der Waals surface area (Å²) in [4.78, 5) is 23.8. The molecule has 5 heteroatoms. The molecule has 5 nitrogen and oxygen atoms in total. The Hall–Kier alpha value is -1.88. The van der Waals surface area contributed by atoms with Gasteiger partial charge in [0.15, 0.2) is 0 Å². The van der Waals surface area contributed by atoms with Gasteiger partial charge in [0.25, 0.3) is 0 Å². The van der Waals surface area contributed by atoms with E-state index in [1.165, 1.54) is 0 Å². The summed E-state index contributed by atoms with van der Waals surface area (Å²) in [6.07, 6.45) is 0.990. The lowest BCUT2D eigenvalue weighted by atomic mass is 9.96. The lowest BCUT2D eigenvalue weighted by Crippen LogP contribution is -2.31. The van der Waals surface area contributed by atoms with E-state index in [0.717, 1.165) is 12.0 Å². The molecule has 1 atom stereocenters. The van der Waals surface area contributed by atoms with Gasteiger partial charge in [-0.15, -0.1) is 0 Å². The maximum absolute atomic E-state index is 12.3. The first kappa shape index (κ1) is 17.2. The molecule has 0 aliphatic carbocycles. The predicted molar refractivity (Wildman–Crippen MR) is 84.8 cm³/mol. The van der Waals surface area contributed by atoms with Gasteiger partial charge in [0.1, 0.15) is 0 Å². The third-order valence-electron chi connectivity index (χ3n) is 3.32. The molecule has 0 aromatic heterocycles. The molecular weight excluding hydrogens is 266 g/mol. The van der Waals surface area contributed by atoms with Crippen LogP contribution >= 0.6 is 0 Å². The smallest absolute Gasteiger partial charge is 0.228 e. The molecule has 1 aromatic carbocycles. The van der Waals surface area contributed by atoms with Crippen molar-refractivity contribution in [1.29, 1.82) is 0 Å². The van der Waals surface area contributed by atoms with Crippen molar-refractivity contribution in [2.24, 2.45) is 17.6 Å². The van der Waals surface area contributed by atoms with E-state index in [1.807, 2.05) is 18.2 Å². The highest BCUT2D eigenvalue weighted by Crippen LogP contribution is 2.18. The van der Waals surface area contributed by atoms with E-state index in [-0.39, 0.29) is 24.2 Å². The minimum atomic E-state index is -0.210. The van der Waals surface area contributed by atoms with Crippen molar-refractivity contribution in [3.63, 3.8) is 0 Å². The predicted octanol–water partition coefficient (Wildman–Crippen LogP) is 1.53. The summed E-state index contributed by atoms with van der Waals surface area (Å²) in [7, 11) is 1.59. The van der Waals surface area contributed by atoms with Gasteiger partial charge in [0, 0.05) is 19.3 Å². The minimum Gasteiger partial charge on any atom is -0.359 e. The quantitative estimate of drug-likeness (QED) is 0.712. The molecule has 0 saturated carbocycles. The number of carbonyl (C=O) groups excluding carboxylic acids is 2. The van der Waals surface area contributed by atoms with Crippen molar-refractivity contribution in [1.82, 2.24) is 5.32 Å². The summed E-state index contributed by atoms with van der Waals surface area (Å²) < 4.78 is 0. The van der Waals surface area contributed by atoms with Crippen LogP contribution in [0, 0.1) is 11.8 Å². The van der Waals surface area contributed by atoms with Crippen LogP contribution < -0.4 is 16.4 Å². The van der Waals surface area contributed by atoms with Crippen molar-refractivity contribution >= 4 is 17.5 Å². The van der Waals surface area contributed by atoms with Gasteiger partial charge in [-0.25, -0.2) is 0 Å². The number of para-hydroxylation sites is 1. The highest BCUT2D eigenvalue weighted by molar-refractivity contribution is 5.94. The van der Waals surface area contributed by atoms with Crippen LogP contribution in [-0.4, -0.2) is 25.4 Å². The lowest BCUT2D eigenvalue weighted by Gasteiger charge is -2.18. The summed E-state index contributed by atoms with van der Waals surface area (Å²) in [5.41, 5.74) is 7.16. The van der Waals surface area contributed by atoms with E-state index in [4.69, 9.17) is 5.73 Å². The second-order valence-electron chi connectivity index (χ2n) is 5.56. The van der Waals surface area contributed by atoms with Gasteiger partial charge in [0.2, 0.25) is 11.8 Å². The number of anilines is 1. The molecule has 21 heavy (non-hydrogen) atoms. The van der Waals surface area contributed by atoms with Crippen LogP contribution in [0.2, 0.25) is 0 Å². The van der Waals surface area contributed by atoms with E-state index in [2.05, 4.69) is 24.5 Å². The zero-order valence-electron chi connectivity index (χ0n) is 13.0. The highest BCUT2D eigenvalue weighted by Gasteiger charge is 2.19. The zero-order valence-corrected chi connectivity index (χ0v) is 13.0.